The average Bonchev–Trinajstić information content (AvgIpc) is 2.44. The van der Waals surface area contributed by atoms with Gasteiger partial charge >= 0.3 is 12.4 Å². The van der Waals surface area contributed by atoms with Crippen molar-refractivity contribution in [2.24, 2.45) is 5.10 Å². The van der Waals surface area contributed by atoms with Gasteiger partial charge in [-0.2, -0.15) is 42.0 Å². The number of nitriles is 2. The molecule has 0 aromatic heterocycles. The lowest BCUT2D eigenvalue weighted by molar-refractivity contribution is -0.137. The van der Waals surface area contributed by atoms with Gasteiger partial charge in [0.1, 0.15) is 18.7 Å². The first-order valence-corrected chi connectivity index (χ1v) is 5.72. The highest BCUT2D eigenvalue weighted by Gasteiger charge is 2.32. The number of hydrazone groups is 1. The first-order valence-electron chi connectivity index (χ1n) is 5.72. The number of nitrogens with one attached hydrogen (secondary N) is 2. The molecule has 1 rings (SSSR count). The van der Waals surface area contributed by atoms with Crippen molar-refractivity contribution in [1.29, 1.82) is 10.5 Å². The van der Waals surface area contributed by atoms with Crippen molar-refractivity contribution in [3.05, 3.63) is 23.8 Å². The average molecular weight is 335 g/mol. The Kier molecular flexibility index (Phi) is 5.41. The van der Waals surface area contributed by atoms with Crippen LogP contribution in [0.15, 0.2) is 23.3 Å². The standard InChI is InChI=1S/C12H7F6N5/c13-11(14,15)6-21-9-2-1-7(12(16,17)18)3-10(9)23-22-8(4-19)5-20/h1-3,21,23H,6H2. The van der Waals surface area contributed by atoms with Crippen molar-refractivity contribution in [2.45, 2.75) is 12.4 Å². The maximum atomic E-state index is 12.6. The first kappa shape index (κ1) is 18.1. The number of alkyl halides is 6. The van der Waals surface area contributed by atoms with Crippen LogP contribution in [-0.2, 0) is 6.18 Å². The maximum absolute atomic E-state index is 12.6. The molecule has 0 spiro atoms. The molecule has 0 bridgehead atoms. The van der Waals surface area contributed by atoms with Gasteiger partial charge in [-0.25, -0.2) is 0 Å². The molecule has 0 aliphatic carbocycles. The van der Waals surface area contributed by atoms with Crippen molar-refractivity contribution < 1.29 is 26.3 Å². The Morgan fingerprint density at radius 2 is 1.65 bits per heavy atom. The SMILES string of the molecule is N#CC(C#N)=NNc1cc(C(F)(F)F)ccc1NCC(F)(F)F. The molecule has 0 atom stereocenters. The van der Waals surface area contributed by atoms with Gasteiger partial charge < -0.3 is 5.32 Å². The molecule has 0 aliphatic rings. The Bertz CT molecular complexity index is 661. The van der Waals surface area contributed by atoms with Gasteiger partial charge in [-0.1, -0.05) is 0 Å². The van der Waals surface area contributed by atoms with E-state index in [2.05, 4.69) is 5.10 Å². The maximum Gasteiger partial charge on any atom is 0.416 e. The fourth-order valence-corrected chi connectivity index (χ4v) is 1.35. The molecule has 0 amide bonds. The van der Waals surface area contributed by atoms with Crippen LogP contribution in [0.25, 0.3) is 0 Å². The van der Waals surface area contributed by atoms with Crippen LogP contribution >= 0.6 is 0 Å². The minimum absolute atomic E-state index is 0.325. The fourth-order valence-electron chi connectivity index (χ4n) is 1.35. The van der Waals surface area contributed by atoms with Gasteiger partial charge in [0.15, 0.2) is 0 Å². The molecule has 1 aromatic rings. The predicted octanol–water partition coefficient (Wildman–Crippen LogP) is 3.49. The summed E-state index contributed by atoms with van der Waals surface area (Å²) in [4.78, 5) is 0. The van der Waals surface area contributed by atoms with Crippen molar-refractivity contribution >= 4 is 17.1 Å². The molecule has 1 aromatic carbocycles. The molecule has 0 radical (unpaired) electrons. The van der Waals surface area contributed by atoms with E-state index in [9.17, 15) is 26.3 Å². The Labute approximate surface area is 125 Å². The number of nitrogens with zero attached hydrogens (tertiary/aromatic N) is 3. The molecule has 23 heavy (non-hydrogen) atoms. The van der Waals surface area contributed by atoms with Gasteiger partial charge in [0.05, 0.1) is 16.9 Å². The van der Waals surface area contributed by atoms with E-state index in [0.29, 0.717) is 12.1 Å². The predicted molar refractivity (Wildman–Crippen MR) is 68.3 cm³/mol. The van der Waals surface area contributed by atoms with Crippen molar-refractivity contribution in [1.82, 2.24) is 0 Å². The van der Waals surface area contributed by atoms with Crippen LogP contribution in [0.2, 0.25) is 0 Å². The number of anilines is 2. The van der Waals surface area contributed by atoms with Crippen LogP contribution in [0.4, 0.5) is 37.7 Å². The van der Waals surface area contributed by atoms with E-state index < -0.39 is 35.9 Å². The quantitative estimate of drug-likeness (QED) is 0.501. The Hall–Kier alpha value is -2.95. The Morgan fingerprint density at radius 3 is 2.13 bits per heavy atom. The third kappa shape index (κ3) is 5.74. The summed E-state index contributed by atoms with van der Waals surface area (Å²) in [6.07, 6.45) is -9.32. The summed E-state index contributed by atoms with van der Waals surface area (Å²) >= 11 is 0. The number of halogens is 6. The van der Waals surface area contributed by atoms with Gasteiger partial charge in [-0.15, -0.1) is 0 Å². The summed E-state index contributed by atoms with van der Waals surface area (Å²) in [6, 6.07) is 4.57. The number of benzene rings is 1. The Morgan fingerprint density at radius 1 is 1.04 bits per heavy atom. The van der Waals surface area contributed by atoms with E-state index in [1.165, 1.54) is 12.1 Å². The second-order valence-electron chi connectivity index (χ2n) is 4.02. The van der Waals surface area contributed by atoms with Crippen LogP contribution < -0.4 is 10.7 Å². The molecule has 0 unspecified atom stereocenters. The number of hydrogen-bond acceptors (Lipinski definition) is 5. The summed E-state index contributed by atoms with van der Waals surface area (Å²) in [6.45, 7) is -1.49. The zero-order chi connectivity index (χ0) is 17.7. The molecule has 0 aliphatic heterocycles. The van der Waals surface area contributed by atoms with E-state index >= 15 is 0 Å². The molecular weight excluding hydrogens is 328 g/mol. The summed E-state index contributed by atoms with van der Waals surface area (Å²) < 4.78 is 74.5. The topological polar surface area (TPSA) is 84.0 Å². The highest BCUT2D eigenvalue weighted by Crippen LogP contribution is 2.34. The zero-order valence-corrected chi connectivity index (χ0v) is 11.0. The highest BCUT2D eigenvalue weighted by molar-refractivity contribution is 6.10. The first-order chi connectivity index (χ1) is 10.6. The zero-order valence-electron chi connectivity index (χ0n) is 11.0. The van der Waals surface area contributed by atoms with Gasteiger partial charge in [0.2, 0.25) is 5.71 Å². The molecule has 122 valence electrons. The highest BCUT2D eigenvalue weighted by atomic mass is 19.4. The molecule has 0 heterocycles. The van der Waals surface area contributed by atoms with Crippen LogP contribution in [0.1, 0.15) is 5.56 Å². The fraction of sp³-hybridized carbons (Fsp3) is 0.250. The Balaban J connectivity index is 3.17. The second kappa shape index (κ2) is 6.87. The van der Waals surface area contributed by atoms with Gasteiger partial charge in [0.25, 0.3) is 0 Å². The van der Waals surface area contributed by atoms with E-state index in [4.69, 9.17) is 10.5 Å². The largest absolute Gasteiger partial charge is 0.416 e. The van der Waals surface area contributed by atoms with Crippen LogP contribution in [0.3, 0.4) is 0 Å². The lowest BCUT2D eigenvalue weighted by atomic mass is 10.1. The molecular formula is C12H7F6N5. The van der Waals surface area contributed by atoms with Gasteiger partial charge in [-0.05, 0) is 18.2 Å². The van der Waals surface area contributed by atoms with Crippen molar-refractivity contribution in [3.63, 3.8) is 0 Å². The summed E-state index contributed by atoms with van der Waals surface area (Å²) in [5, 5.41) is 22.1. The molecule has 0 fully saturated rings. The van der Waals surface area contributed by atoms with Crippen molar-refractivity contribution in [3.8, 4) is 12.1 Å². The van der Waals surface area contributed by atoms with Crippen LogP contribution in [-0.4, -0.2) is 18.4 Å². The van der Waals surface area contributed by atoms with Gasteiger partial charge in [0, 0.05) is 0 Å². The molecule has 0 saturated heterocycles. The third-order valence-corrected chi connectivity index (χ3v) is 2.33. The van der Waals surface area contributed by atoms with Crippen molar-refractivity contribution in [2.75, 3.05) is 17.3 Å². The van der Waals surface area contributed by atoms with E-state index in [1.54, 1.807) is 0 Å². The molecule has 5 nitrogen and oxygen atoms in total. The second-order valence-corrected chi connectivity index (χ2v) is 4.02. The normalized spacial score (nSPS) is 11.1. The van der Waals surface area contributed by atoms with E-state index in [0.717, 1.165) is 6.07 Å². The van der Waals surface area contributed by atoms with Gasteiger partial charge in [-0.3, -0.25) is 5.43 Å². The summed E-state index contributed by atoms with van der Waals surface area (Å²) in [5.41, 5.74) is -0.654. The summed E-state index contributed by atoms with van der Waals surface area (Å²) in [5.74, 6) is 0. The minimum atomic E-state index is -4.73. The summed E-state index contributed by atoms with van der Waals surface area (Å²) in [7, 11) is 0. The lowest BCUT2D eigenvalue weighted by Crippen LogP contribution is -2.22. The number of rotatable bonds is 4. The lowest BCUT2D eigenvalue weighted by Gasteiger charge is -2.15. The van der Waals surface area contributed by atoms with Crippen LogP contribution in [0.5, 0.6) is 0 Å². The molecule has 11 heteroatoms. The number of hydrogen-bond donors (Lipinski definition) is 2. The van der Waals surface area contributed by atoms with E-state index in [-0.39, 0.29) is 5.69 Å². The smallest absolute Gasteiger partial charge is 0.375 e. The minimum Gasteiger partial charge on any atom is -0.375 e. The van der Waals surface area contributed by atoms with Crippen LogP contribution in [0, 0.1) is 22.7 Å². The monoisotopic (exact) mass is 335 g/mol. The van der Waals surface area contributed by atoms with E-state index in [1.807, 2.05) is 10.7 Å². The molecule has 0 saturated carbocycles. The third-order valence-electron chi connectivity index (χ3n) is 2.33. The molecule has 2 N–H and O–H groups in total.